The molecule has 10 heteroatoms. The van der Waals surface area contributed by atoms with Crippen LogP contribution in [0.3, 0.4) is 0 Å². The van der Waals surface area contributed by atoms with Crippen molar-refractivity contribution in [3.8, 4) is 5.75 Å². The molecule has 0 aromatic heterocycles. The summed E-state index contributed by atoms with van der Waals surface area (Å²) < 4.78 is 35.0. The number of carbonyl (C=O) groups is 2. The van der Waals surface area contributed by atoms with Crippen LogP contribution in [-0.2, 0) is 14.8 Å². The van der Waals surface area contributed by atoms with Gasteiger partial charge in [0.15, 0.2) is 12.4 Å². The zero-order chi connectivity index (χ0) is 25.3. The molecule has 1 N–H and O–H groups in total. The third-order valence-corrected chi connectivity index (χ3v) is 10.0. The van der Waals surface area contributed by atoms with Gasteiger partial charge >= 0.3 is 0 Å². The summed E-state index contributed by atoms with van der Waals surface area (Å²) in [7, 11) is -3.68. The van der Waals surface area contributed by atoms with Crippen LogP contribution in [0, 0.1) is 9.49 Å². The predicted molar refractivity (Wildman–Crippen MR) is 145 cm³/mol. The molecule has 1 amide bonds. The fraction of sp³-hybridized carbons (Fsp3) is 0.462. The highest BCUT2D eigenvalue weighted by molar-refractivity contribution is 14.1. The lowest BCUT2D eigenvalue weighted by molar-refractivity contribution is -0.118. The van der Waals surface area contributed by atoms with Crippen molar-refractivity contribution >= 4 is 50.0 Å². The number of ether oxygens (including phenoxy) is 1. The topological polar surface area (TPSA) is 96.0 Å². The molecule has 3 aliphatic rings. The predicted octanol–water partition coefficient (Wildman–Crippen LogP) is 3.76. The second-order valence-corrected chi connectivity index (χ2v) is 12.8. The van der Waals surface area contributed by atoms with Crippen LogP contribution in [0.15, 0.2) is 47.4 Å². The average molecular weight is 624 g/mol. The number of ketones is 1. The molecular weight excluding hydrogens is 593 g/mol. The Balaban J connectivity index is 1.17. The molecule has 0 unspecified atom stereocenters. The van der Waals surface area contributed by atoms with Gasteiger partial charge in [-0.1, -0.05) is 12.1 Å². The second kappa shape index (κ2) is 10.8. The number of likely N-dealkylation sites (tertiary alicyclic amines) is 1. The number of nitrogens with one attached hydrogen (secondary N) is 1. The maximum absolute atomic E-state index is 13.5. The first-order valence-corrected chi connectivity index (χ1v) is 14.9. The van der Waals surface area contributed by atoms with Gasteiger partial charge < -0.3 is 15.0 Å². The van der Waals surface area contributed by atoms with E-state index < -0.39 is 10.0 Å². The average Bonchev–Trinajstić information content (AvgIpc) is 3.37. The molecule has 192 valence electrons. The van der Waals surface area contributed by atoms with Crippen LogP contribution in [0.5, 0.6) is 5.75 Å². The smallest absolute Gasteiger partial charge is 0.262 e. The van der Waals surface area contributed by atoms with Crippen molar-refractivity contribution in [1.82, 2.24) is 9.21 Å². The molecule has 1 atom stereocenters. The normalized spacial score (nSPS) is 21.6. The Hall–Kier alpha value is -2.02. The monoisotopic (exact) mass is 623 g/mol. The van der Waals surface area contributed by atoms with Gasteiger partial charge in [0.05, 0.1) is 10.6 Å². The van der Waals surface area contributed by atoms with Gasteiger partial charge in [0.25, 0.3) is 5.91 Å². The van der Waals surface area contributed by atoms with Crippen molar-refractivity contribution < 1.29 is 22.7 Å². The SMILES string of the molecule is O=C1COc2ccc(S(=O)(=O)N3CCC[C@@H]3CCN3CCC(C(=O)c4ccc(I)cc4)CC3)cc2N1. The minimum absolute atomic E-state index is 0.0528. The molecule has 3 aliphatic heterocycles. The minimum Gasteiger partial charge on any atom is -0.482 e. The molecule has 0 saturated carbocycles. The van der Waals surface area contributed by atoms with Crippen LogP contribution in [0.4, 0.5) is 5.69 Å². The molecule has 0 bridgehead atoms. The Labute approximate surface area is 225 Å². The molecule has 3 heterocycles. The second-order valence-electron chi connectivity index (χ2n) is 9.68. The summed E-state index contributed by atoms with van der Waals surface area (Å²) in [5.74, 6) is 0.472. The zero-order valence-electron chi connectivity index (χ0n) is 20.0. The summed E-state index contributed by atoms with van der Waals surface area (Å²) in [5.41, 5.74) is 1.18. The number of halogens is 1. The Morgan fingerprint density at radius 1 is 1.06 bits per heavy atom. The molecule has 5 rings (SSSR count). The lowest BCUT2D eigenvalue weighted by Crippen LogP contribution is -2.41. The lowest BCUT2D eigenvalue weighted by atomic mass is 9.89. The van der Waals surface area contributed by atoms with Gasteiger partial charge in [-0.05, 0) is 105 Å². The third-order valence-electron chi connectivity index (χ3n) is 7.38. The van der Waals surface area contributed by atoms with E-state index in [1.807, 2.05) is 24.3 Å². The summed E-state index contributed by atoms with van der Waals surface area (Å²) >= 11 is 2.24. The first-order valence-electron chi connectivity index (χ1n) is 12.4. The number of piperidine rings is 1. The van der Waals surface area contributed by atoms with Crippen LogP contribution in [0.1, 0.15) is 42.5 Å². The first-order chi connectivity index (χ1) is 17.3. The van der Waals surface area contributed by atoms with E-state index in [0.717, 1.165) is 60.9 Å². The number of benzene rings is 2. The van der Waals surface area contributed by atoms with E-state index in [9.17, 15) is 18.0 Å². The van der Waals surface area contributed by atoms with Crippen LogP contribution < -0.4 is 10.1 Å². The van der Waals surface area contributed by atoms with Crippen LogP contribution in [0.25, 0.3) is 0 Å². The highest BCUT2D eigenvalue weighted by Crippen LogP contribution is 2.34. The molecule has 8 nitrogen and oxygen atoms in total. The fourth-order valence-electron chi connectivity index (χ4n) is 5.37. The summed E-state index contributed by atoms with van der Waals surface area (Å²) in [6.45, 7) is 2.95. The van der Waals surface area contributed by atoms with E-state index in [4.69, 9.17) is 4.74 Å². The number of sulfonamides is 1. The number of amides is 1. The highest BCUT2D eigenvalue weighted by Gasteiger charge is 2.36. The van der Waals surface area contributed by atoms with Crippen LogP contribution in [-0.4, -0.2) is 68.1 Å². The van der Waals surface area contributed by atoms with Crippen LogP contribution in [0.2, 0.25) is 0 Å². The van der Waals surface area contributed by atoms with Gasteiger partial charge in [0, 0.05) is 27.6 Å². The standard InChI is InChI=1S/C26H30IN3O5S/c27-20-5-3-18(4-6-20)26(32)19-9-13-29(14-10-19)15-11-21-2-1-12-30(21)36(33,34)22-7-8-24-23(16-22)28-25(31)17-35-24/h3-8,16,19,21H,1-2,9-15,17H2,(H,28,31)/t21-/m1/s1. The van der Waals surface area contributed by atoms with Crippen molar-refractivity contribution in [2.75, 3.05) is 38.1 Å². The Kier molecular flexibility index (Phi) is 7.66. The van der Waals surface area contributed by atoms with E-state index >= 15 is 0 Å². The number of anilines is 1. The van der Waals surface area contributed by atoms with Crippen molar-refractivity contribution in [3.63, 3.8) is 0 Å². The quantitative estimate of drug-likeness (QED) is 0.373. The van der Waals surface area contributed by atoms with Gasteiger partial charge in [-0.15, -0.1) is 0 Å². The van der Waals surface area contributed by atoms with E-state index in [1.165, 1.54) is 6.07 Å². The number of rotatable bonds is 7. The maximum Gasteiger partial charge on any atom is 0.262 e. The number of hydrogen-bond acceptors (Lipinski definition) is 6. The number of Topliss-reactive ketones (excluding diaryl/α,β-unsaturated/α-hetero) is 1. The minimum atomic E-state index is -3.68. The molecule has 0 spiro atoms. The van der Waals surface area contributed by atoms with Crippen LogP contribution >= 0.6 is 22.6 Å². The molecule has 2 fully saturated rings. The number of fused-ring (bicyclic) bond motifs is 1. The summed E-state index contributed by atoms with van der Waals surface area (Å²) in [4.78, 5) is 27.0. The van der Waals surface area contributed by atoms with Gasteiger partial charge in [-0.3, -0.25) is 9.59 Å². The molecular formula is C26H30IN3O5S. The van der Waals surface area contributed by atoms with Crippen molar-refractivity contribution in [3.05, 3.63) is 51.6 Å². The molecule has 2 aromatic carbocycles. The first kappa shape index (κ1) is 25.6. The lowest BCUT2D eigenvalue weighted by Gasteiger charge is -2.33. The largest absolute Gasteiger partial charge is 0.482 e. The summed E-state index contributed by atoms with van der Waals surface area (Å²) in [5, 5.41) is 2.69. The Morgan fingerprint density at radius 2 is 1.81 bits per heavy atom. The maximum atomic E-state index is 13.5. The van der Waals surface area contributed by atoms with Crippen molar-refractivity contribution in [2.45, 2.75) is 43.0 Å². The Morgan fingerprint density at radius 3 is 2.56 bits per heavy atom. The molecule has 2 saturated heterocycles. The van der Waals surface area contributed by atoms with E-state index in [2.05, 4.69) is 32.8 Å². The Bertz CT molecular complexity index is 1240. The zero-order valence-corrected chi connectivity index (χ0v) is 23.0. The highest BCUT2D eigenvalue weighted by atomic mass is 127. The number of carbonyl (C=O) groups excluding carboxylic acids is 2. The van der Waals surface area contributed by atoms with Gasteiger partial charge in [0.1, 0.15) is 5.75 Å². The molecule has 36 heavy (non-hydrogen) atoms. The van der Waals surface area contributed by atoms with Crippen molar-refractivity contribution in [1.29, 1.82) is 0 Å². The van der Waals surface area contributed by atoms with E-state index in [1.54, 1.807) is 16.4 Å². The number of hydrogen-bond donors (Lipinski definition) is 1. The van der Waals surface area contributed by atoms with E-state index in [-0.39, 0.29) is 35.2 Å². The molecule has 2 aromatic rings. The molecule has 0 aliphatic carbocycles. The fourth-order valence-corrected chi connectivity index (χ4v) is 7.48. The summed E-state index contributed by atoms with van der Waals surface area (Å²) in [6.07, 6.45) is 4.10. The third kappa shape index (κ3) is 5.46. The van der Waals surface area contributed by atoms with Crippen molar-refractivity contribution in [2.24, 2.45) is 5.92 Å². The van der Waals surface area contributed by atoms with Gasteiger partial charge in [0.2, 0.25) is 10.0 Å². The number of nitrogens with zero attached hydrogens (tertiary/aromatic N) is 2. The van der Waals surface area contributed by atoms with Gasteiger partial charge in [-0.2, -0.15) is 4.31 Å². The molecule has 0 radical (unpaired) electrons. The summed E-state index contributed by atoms with van der Waals surface area (Å²) in [6, 6.07) is 12.4. The van der Waals surface area contributed by atoms with E-state index in [0.29, 0.717) is 18.0 Å². The van der Waals surface area contributed by atoms with Gasteiger partial charge in [-0.25, -0.2) is 8.42 Å².